The Morgan fingerprint density at radius 3 is 1.77 bits per heavy atom. The number of carbonyl (C=O) groups excluding carboxylic acids is 2. The molecule has 0 heterocycles. The van der Waals surface area contributed by atoms with Crippen LogP contribution in [0.1, 0.15) is 142 Å². The highest BCUT2D eigenvalue weighted by molar-refractivity contribution is 7.47. The van der Waals surface area contributed by atoms with E-state index >= 15 is 0 Å². The van der Waals surface area contributed by atoms with Gasteiger partial charge in [-0.2, -0.15) is 0 Å². The lowest BCUT2D eigenvalue weighted by Crippen LogP contribution is -2.29. The van der Waals surface area contributed by atoms with Crippen molar-refractivity contribution in [1.29, 1.82) is 0 Å². The molecule has 0 aliphatic rings. The first-order valence-corrected chi connectivity index (χ1v) is 19.4. The van der Waals surface area contributed by atoms with Crippen molar-refractivity contribution in [2.24, 2.45) is 0 Å². The van der Waals surface area contributed by atoms with Crippen molar-refractivity contribution in [2.75, 3.05) is 26.4 Å². The number of aliphatic hydroxyl groups excluding tert-OH is 2. The summed E-state index contributed by atoms with van der Waals surface area (Å²) in [6.07, 6.45) is 29.9. The van der Waals surface area contributed by atoms with Gasteiger partial charge in [-0.1, -0.05) is 121 Å². The Kier molecular flexibility index (Phi) is 31.5. The third-order valence-electron chi connectivity index (χ3n) is 7.31. The number of ether oxygens (including phenoxy) is 2. The second-order valence-corrected chi connectivity index (χ2v) is 13.3. The summed E-state index contributed by atoms with van der Waals surface area (Å²) >= 11 is 0. The summed E-state index contributed by atoms with van der Waals surface area (Å²) in [4.78, 5) is 34.6. The van der Waals surface area contributed by atoms with Gasteiger partial charge in [-0.3, -0.25) is 18.6 Å². The van der Waals surface area contributed by atoms with Gasteiger partial charge in [0, 0.05) is 12.8 Å². The fourth-order valence-electron chi connectivity index (χ4n) is 4.53. The molecule has 274 valence electrons. The largest absolute Gasteiger partial charge is 0.472 e. The number of carbonyl (C=O) groups is 2. The van der Waals surface area contributed by atoms with Gasteiger partial charge in [0.2, 0.25) is 0 Å². The maximum Gasteiger partial charge on any atom is 0.472 e. The van der Waals surface area contributed by atoms with Crippen molar-refractivity contribution in [3.63, 3.8) is 0 Å². The van der Waals surface area contributed by atoms with Crippen molar-refractivity contribution in [3.05, 3.63) is 36.5 Å². The monoisotopic (exact) mass is 688 g/mol. The SMILES string of the molecule is CC/C=C\C/C=C\C/C=C\CCCCCCCCCC(=O)OC(COC(=O)CCCCCCCCC)COP(=O)(O)OCC(O)CO. The normalized spacial score (nSPS) is 14.6. The summed E-state index contributed by atoms with van der Waals surface area (Å²) < 4.78 is 32.4. The Morgan fingerprint density at radius 2 is 1.17 bits per heavy atom. The first-order chi connectivity index (χ1) is 22.7. The summed E-state index contributed by atoms with van der Waals surface area (Å²) in [7, 11) is -4.60. The minimum absolute atomic E-state index is 0.173. The second kappa shape index (κ2) is 32.7. The molecule has 3 atom stereocenters. The quantitative estimate of drug-likeness (QED) is 0.0265. The fourth-order valence-corrected chi connectivity index (χ4v) is 5.32. The number of unbranched alkanes of at least 4 members (excludes halogenated alkanes) is 13. The van der Waals surface area contributed by atoms with Gasteiger partial charge in [0.05, 0.1) is 19.8 Å². The minimum atomic E-state index is -4.60. The zero-order valence-corrected chi connectivity index (χ0v) is 30.1. The van der Waals surface area contributed by atoms with Crippen molar-refractivity contribution >= 4 is 19.8 Å². The van der Waals surface area contributed by atoms with Crippen LogP contribution in [0.15, 0.2) is 36.5 Å². The van der Waals surface area contributed by atoms with Gasteiger partial charge in [-0.25, -0.2) is 4.57 Å². The second-order valence-electron chi connectivity index (χ2n) is 11.9. The number of hydrogen-bond donors (Lipinski definition) is 3. The van der Waals surface area contributed by atoms with Gasteiger partial charge >= 0.3 is 19.8 Å². The van der Waals surface area contributed by atoms with E-state index in [9.17, 15) is 24.2 Å². The predicted octanol–water partition coefficient (Wildman–Crippen LogP) is 8.44. The molecule has 47 heavy (non-hydrogen) atoms. The van der Waals surface area contributed by atoms with Gasteiger partial charge in [0.15, 0.2) is 6.10 Å². The molecule has 0 aromatic carbocycles. The van der Waals surface area contributed by atoms with E-state index in [0.717, 1.165) is 70.6 Å². The van der Waals surface area contributed by atoms with E-state index in [4.69, 9.17) is 19.1 Å². The van der Waals surface area contributed by atoms with Crippen LogP contribution >= 0.6 is 7.82 Å². The lowest BCUT2D eigenvalue weighted by atomic mass is 10.1. The van der Waals surface area contributed by atoms with Gasteiger partial charge in [0.25, 0.3) is 0 Å². The van der Waals surface area contributed by atoms with Crippen molar-refractivity contribution in [3.8, 4) is 0 Å². The minimum Gasteiger partial charge on any atom is -0.462 e. The van der Waals surface area contributed by atoms with Crippen molar-refractivity contribution in [1.82, 2.24) is 0 Å². The number of phosphoric acid groups is 1. The smallest absolute Gasteiger partial charge is 0.462 e. The average Bonchev–Trinajstić information content (AvgIpc) is 3.05. The van der Waals surface area contributed by atoms with Crippen LogP contribution in [0, 0.1) is 0 Å². The van der Waals surface area contributed by atoms with E-state index < -0.39 is 51.8 Å². The first-order valence-electron chi connectivity index (χ1n) is 17.9. The summed E-state index contributed by atoms with van der Waals surface area (Å²) in [6, 6.07) is 0. The number of aliphatic hydroxyl groups is 2. The van der Waals surface area contributed by atoms with E-state index in [1.54, 1.807) is 0 Å². The van der Waals surface area contributed by atoms with E-state index in [0.29, 0.717) is 12.8 Å². The van der Waals surface area contributed by atoms with E-state index in [1.165, 1.54) is 32.1 Å². The molecule has 3 N–H and O–H groups in total. The summed E-state index contributed by atoms with van der Waals surface area (Å²) in [6.45, 7) is 2.18. The van der Waals surface area contributed by atoms with Crippen molar-refractivity contribution < 1.29 is 47.8 Å². The Balaban J connectivity index is 4.34. The third kappa shape index (κ3) is 32.5. The van der Waals surface area contributed by atoms with Gasteiger partial charge in [0.1, 0.15) is 12.7 Å². The lowest BCUT2D eigenvalue weighted by molar-refractivity contribution is -0.161. The van der Waals surface area contributed by atoms with Crippen molar-refractivity contribution in [2.45, 2.75) is 154 Å². The highest BCUT2D eigenvalue weighted by Crippen LogP contribution is 2.43. The Labute approximate surface area is 284 Å². The van der Waals surface area contributed by atoms with E-state index in [-0.39, 0.29) is 19.4 Å². The van der Waals surface area contributed by atoms with Crippen LogP contribution in [0.5, 0.6) is 0 Å². The first kappa shape index (κ1) is 45.2. The fraction of sp³-hybridized carbons (Fsp3) is 0.778. The van der Waals surface area contributed by atoms with Crippen LogP contribution in [0.2, 0.25) is 0 Å². The third-order valence-corrected chi connectivity index (χ3v) is 8.26. The number of allylic oxidation sites excluding steroid dienone is 6. The molecule has 0 bridgehead atoms. The van der Waals surface area contributed by atoms with Crippen LogP contribution in [-0.4, -0.2) is 65.7 Å². The Bertz CT molecular complexity index is 889. The molecule has 0 rings (SSSR count). The number of phosphoric ester groups is 1. The number of esters is 2. The maximum atomic E-state index is 12.5. The molecular formula is C36H65O10P. The zero-order chi connectivity index (χ0) is 34.9. The molecule has 11 heteroatoms. The van der Waals surface area contributed by atoms with Crippen LogP contribution in [0.4, 0.5) is 0 Å². The molecule has 0 radical (unpaired) electrons. The molecule has 0 saturated heterocycles. The molecule has 0 saturated carbocycles. The van der Waals surface area contributed by atoms with Crippen LogP contribution < -0.4 is 0 Å². The topological polar surface area (TPSA) is 149 Å². The van der Waals surface area contributed by atoms with Crippen LogP contribution in [0.25, 0.3) is 0 Å². The molecule has 0 aliphatic heterocycles. The molecule has 0 spiro atoms. The highest BCUT2D eigenvalue weighted by atomic mass is 31.2. The highest BCUT2D eigenvalue weighted by Gasteiger charge is 2.27. The molecule has 0 fully saturated rings. The summed E-state index contributed by atoms with van der Waals surface area (Å²) in [5, 5.41) is 18.2. The molecule has 0 aliphatic carbocycles. The van der Waals surface area contributed by atoms with E-state index in [2.05, 4.69) is 54.8 Å². The molecule has 10 nitrogen and oxygen atoms in total. The predicted molar refractivity (Wildman–Crippen MR) is 187 cm³/mol. The average molecular weight is 689 g/mol. The van der Waals surface area contributed by atoms with Gasteiger partial charge in [-0.05, 0) is 44.9 Å². The molecule has 0 aromatic heterocycles. The lowest BCUT2D eigenvalue weighted by Gasteiger charge is -2.20. The van der Waals surface area contributed by atoms with Gasteiger partial charge in [-0.15, -0.1) is 0 Å². The van der Waals surface area contributed by atoms with Crippen LogP contribution in [-0.2, 0) is 32.7 Å². The molecule has 0 amide bonds. The molecular weight excluding hydrogens is 623 g/mol. The number of hydrogen-bond acceptors (Lipinski definition) is 9. The van der Waals surface area contributed by atoms with Gasteiger partial charge < -0.3 is 24.6 Å². The van der Waals surface area contributed by atoms with Crippen LogP contribution in [0.3, 0.4) is 0 Å². The summed E-state index contributed by atoms with van der Waals surface area (Å²) in [5.74, 6) is -0.946. The maximum absolute atomic E-state index is 12.5. The standard InChI is InChI=1S/C36H65O10P/c1-3-5-7-9-11-12-13-14-15-16-17-18-19-20-22-24-26-28-36(40)46-34(32-45-47(41,42)44-30-33(38)29-37)31-43-35(39)27-25-23-21-10-8-6-4-2/h5,7,11-12,14-15,33-34,37-38H,3-4,6,8-10,13,16-32H2,1-2H3,(H,41,42)/b7-5-,12-11-,15-14-. The molecule has 3 unspecified atom stereocenters. The summed E-state index contributed by atoms with van der Waals surface area (Å²) in [5.41, 5.74) is 0. The molecule has 0 aromatic rings. The van der Waals surface area contributed by atoms with E-state index in [1.807, 2.05) is 0 Å². The number of rotatable bonds is 33. The zero-order valence-electron chi connectivity index (χ0n) is 29.2. The Morgan fingerprint density at radius 1 is 0.660 bits per heavy atom. The Hall–Kier alpha value is -1.81.